The third-order valence-corrected chi connectivity index (χ3v) is 3.05. The monoisotopic (exact) mass is 204 g/mol. The SMILES string of the molecule is CO/C=C1\CCCC[C@]1(C#N)CCC#N. The summed E-state index contributed by atoms with van der Waals surface area (Å²) in [7, 11) is 1.61. The molecule has 0 aliphatic heterocycles. The molecule has 0 radical (unpaired) electrons. The van der Waals surface area contributed by atoms with Gasteiger partial charge in [-0.2, -0.15) is 10.5 Å². The number of ether oxygens (including phenoxy) is 1. The maximum Gasteiger partial charge on any atom is 0.0832 e. The first kappa shape index (κ1) is 11.6. The summed E-state index contributed by atoms with van der Waals surface area (Å²) in [6.07, 6.45) is 6.74. The van der Waals surface area contributed by atoms with E-state index in [4.69, 9.17) is 10.00 Å². The van der Waals surface area contributed by atoms with Gasteiger partial charge in [0.25, 0.3) is 0 Å². The molecule has 0 amide bonds. The first-order valence-electron chi connectivity index (χ1n) is 5.29. The number of hydrogen-bond donors (Lipinski definition) is 0. The summed E-state index contributed by atoms with van der Waals surface area (Å²) in [4.78, 5) is 0. The second-order valence-corrected chi connectivity index (χ2v) is 3.94. The van der Waals surface area contributed by atoms with Crippen molar-refractivity contribution in [2.45, 2.75) is 38.5 Å². The van der Waals surface area contributed by atoms with Crippen LogP contribution < -0.4 is 0 Å². The van der Waals surface area contributed by atoms with Gasteiger partial charge in [0.05, 0.1) is 30.9 Å². The molecule has 0 aromatic carbocycles. The fourth-order valence-electron chi connectivity index (χ4n) is 2.19. The van der Waals surface area contributed by atoms with E-state index in [0.717, 1.165) is 31.3 Å². The highest BCUT2D eigenvalue weighted by Crippen LogP contribution is 2.43. The zero-order valence-electron chi connectivity index (χ0n) is 9.12. The van der Waals surface area contributed by atoms with Gasteiger partial charge < -0.3 is 4.74 Å². The first-order chi connectivity index (χ1) is 7.29. The lowest BCUT2D eigenvalue weighted by Crippen LogP contribution is -2.25. The van der Waals surface area contributed by atoms with Gasteiger partial charge in [-0.25, -0.2) is 0 Å². The third-order valence-electron chi connectivity index (χ3n) is 3.05. The minimum atomic E-state index is -0.440. The van der Waals surface area contributed by atoms with Gasteiger partial charge in [-0.1, -0.05) is 6.42 Å². The zero-order chi connectivity index (χ0) is 11.1. The first-order valence-corrected chi connectivity index (χ1v) is 5.29. The van der Waals surface area contributed by atoms with Crippen LogP contribution in [0.25, 0.3) is 0 Å². The van der Waals surface area contributed by atoms with Crippen LogP contribution in [0.4, 0.5) is 0 Å². The number of allylic oxidation sites excluding steroid dienone is 1. The predicted octanol–water partition coefficient (Wildman–Crippen LogP) is 2.90. The highest BCUT2D eigenvalue weighted by atomic mass is 16.5. The van der Waals surface area contributed by atoms with E-state index in [1.807, 2.05) is 0 Å². The fraction of sp³-hybridized carbons (Fsp3) is 0.667. The van der Waals surface area contributed by atoms with Gasteiger partial charge in [0.2, 0.25) is 0 Å². The van der Waals surface area contributed by atoms with Crippen LogP contribution in [0.5, 0.6) is 0 Å². The molecule has 0 aromatic heterocycles. The molecule has 0 unspecified atom stereocenters. The minimum absolute atomic E-state index is 0.439. The molecule has 80 valence electrons. The maximum absolute atomic E-state index is 9.31. The van der Waals surface area contributed by atoms with Crippen molar-refractivity contribution < 1.29 is 4.74 Å². The molecule has 0 spiro atoms. The van der Waals surface area contributed by atoms with Crippen LogP contribution in [-0.4, -0.2) is 7.11 Å². The summed E-state index contributed by atoms with van der Waals surface area (Å²) >= 11 is 0. The van der Waals surface area contributed by atoms with Crippen LogP contribution in [0, 0.1) is 28.1 Å². The molecule has 1 aliphatic rings. The largest absolute Gasteiger partial charge is 0.504 e. The molecule has 0 bridgehead atoms. The minimum Gasteiger partial charge on any atom is -0.504 e. The average Bonchev–Trinajstić information content (AvgIpc) is 2.29. The number of rotatable bonds is 3. The number of hydrogen-bond acceptors (Lipinski definition) is 3. The quantitative estimate of drug-likeness (QED) is 0.664. The molecule has 0 aromatic rings. The molecule has 1 saturated carbocycles. The Morgan fingerprint density at radius 3 is 2.87 bits per heavy atom. The number of methoxy groups -OCH3 is 1. The van der Waals surface area contributed by atoms with Crippen LogP contribution in [0.3, 0.4) is 0 Å². The van der Waals surface area contributed by atoms with Crippen molar-refractivity contribution in [2.24, 2.45) is 5.41 Å². The molecular formula is C12H16N2O. The Morgan fingerprint density at radius 1 is 1.47 bits per heavy atom. The maximum atomic E-state index is 9.31. The van der Waals surface area contributed by atoms with Gasteiger partial charge in [-0.3, -0.25) is 0 Å². The van der Waals surface area contributed by atoms with Crippen LogP contribution >= 0.6 is 0 Å². The van der Waals surface area contributed by atoms with Crippen molar-refractivity contribution in [3.8, 4) is 12.1 Å². The topological polar surface area (TPSA) is 56.8 Å². The summed E-state index contributed by atoms with van der Waals surface area (Å²) < 4.78 is 5.02. The van der Waals surface area contributed by atoms with E-state index >= 15 is 0 Å². The van der Waals surface area contributed by atoms with E-state index < -0.39 is 5.41 Å². The Kier molecular flexibility index (Phi) is 4.18. The Bertz CT molecular complexity index is 321. The van der Waals surface area contributed by atoms with Gasteiger partial charge >= 0.3 is 0 Å². The van der Waals surface area contributed by atoms with Crippen LogP contribution in [0.1, 0.15) is 38.5 Å². The van der Waals surface area contributed by atoms with Crippen LogP contribution in [0.2, 0.25) is 0 Å². The summed E-state index contributed by atoms with van der Waals surface area (Å²) in [5, 5.41) is 17.9. The summed E-state index contributed by atoms with van der Waals surface area (Å²) in [5.74, 6) is 0. The molecule has 1 fully saturated rings. The Hall–Kier alpha value is -1.48. The second kappa shape index (κ2) is 5.41. The van der Waals surface area contributed by atoms with Gasteiger partial charge in [-0.15, -0.1) is 0 Å². The van der Waals surface area contributed by atoms with E-state index in [2.05, 4.69) is 12.1 Å². The van der Waals surface area contributed by atoms with Crippen molar-refractivity contribution in [1.82, 2.24) is 0 Å². The molecule has 1 atom stereocenters. The normalized spacial score (nSPS) is 28.1. The lowest BCUT2D eigenvalue weighted by Gasteiger charge is -2.32. The van der Waals surface area contributed by atoms with Crippen molar-refractivity contribution in [2.75, 3.05) is 7.11 Å². The highest BCUT2D eigenvalue weighted by Gasteiger charge is 2.36. The second-order valence-electron chi connectivity index (χ2n) is 3.94. The Labute approximate surface area is 91.0 Å². The van der Waals surface area contributed by atoms with Crippen molar-refractivity contribution >= 4 is 0 Å². The highest BCUT2D eigenvalue weighted by molar-refractivity contribution is 5.24. The molecule has 0 N–H and O–H groups in total. The van der Waals surface area contributed by atoms with Crippen molar-refractivity contribution in [3.05, 3.63) is 11.8 Å². The van der Waals surface area contributed by atoms with E-state index in [-0.39, 0.29) is 0 Å². The lowest BCUT2D eigenvalue weighted by atomic mass is 9.69. The van der Waals surface area contributed by atoms with E-state index in [9.17, 15) is 5.26 Å². The third kappa shape index (κ3) is 2.50. The molecule has 0 saturated heterocycles. The summed E-state index contributed by atoms with van der Waals surface area (Å²) in [6, 6.07) is 4.51. The van der Waals surface area contributed by atoms with Crippen LogP contribution in [0.15, 0.2) is 11.8 Å². The van der Waals surface area contributed by atoms with Crippen molar-refractivity contribution in [3.63, 3.8) is 0 Å². The molecule has 15 heavy (non-hydrogen) atoms. The molecule has 0 heterocycles. The number of nitriles is 2. The smallest absolute Gasteiger partial charge is 0.0832 e. The lowest BCUT2D eigenvalue weighted by molar-refractivity contribution is 0.287. The van der Waals surface area contributed by atoms with E-state index in [1.54, 1.807) is 13.4 Å². The molecule has 1 aliphatic carbocycles. The van der Waals surface area contributed by atoms with Gasteiger partial charge in [0.15, 0.2) is 0 Å². The molecule has 3 nitrogen and oxygen atoms in total. The fourth-order valence-corrected chi connectivity index (χ4v) is 2.19. The zero-order valence-corrected chi connectivity index (χ0v) is 9.12. The van der Waals surface area contributed by atoms with Gasteiger partial charge in [0, 0.05) is 6.42 Å². The van der Waals surface area contributed by atoms with E-state index in [0.29, 0.717) is 12.8 Å². The van der Waals surface area contributed by atoms with Gasteiger partial charge in [0.1, 0.15) is 0 Å². The van der Waals surface area contributed by atoms with Gasteiger partial charge in [-0.05, 0) is 31.3 Å². The molecule has 3 heteroatoms. The summed E-state index contributed by atoms with van der Waals surface area (Å²) in [6.45, 7) is 0. The molecular weight excluding hydrogens is 188 g/mol. The predicted molar refractivity (Wildman–Crippen MR) is 56.5 cm³/mol. The van der Waals surface area contributed by atoms with Crippen molar-refractivity contribution in [1.29, 1.82) is 10.5 Å². The Balaban J connectivity index is 2.87. The number of nitrogens with zero attached hydrogens (tertiary/aromatic N) is 2. The van der Waals surface area contributed by atoms with E-state index in [1.165, 1.54) is 0 Å². The summed E-state index contributed by atoms with van der Waals surface area (Å²) in [5.41, 5.74) is 0.623. The van der Waals surface area contributed by atoms with Crippen LogP contribution in [-0.2, 0) is 4.74 Å². The average molecular weight is 204 g/mol. The Morgan fingerprint density at radius 2 is 2.27 bits per heavy atom. The standard InChI is InChI=1S/C12H16N2O/c1-15-9-11-5-2-3-6-12(11,10-14)7-4-8-13/h9H,2-7H2,1H3/b11-9+/t12-/m1/s1. The molecule has 1 rings (SSSR count).